The molecule has 0 radical (unpaired) electrons. The Balaban J connectivity index is 1.85. The minimum atomic E-state index is -0.976. The van der Waals surface area contributed by atoms with Crippen LogP contribution in [0.1, 0.15) is 38.6 Å². The van der Waals surface area contributed by atoms with Gasteiger partial charge in [0.1, 0.15) is 16.2 Å². The zero-order chi connectivity index (χ0) is 14.3. The molecule has 106 valence electrons. The molecule has 1 saturated carbocycles. The first kappa shape index (κ1) is 14.7. The molecule has 1 aliphatic carbocycles. The van der Waals surface area contributed by atoms with Crippen LogP contribution in [0.3, 0.4) is 0 Å². The topological polar surface area (TPSA) is 62.5 Å². The van der Waals surface area contributed by atoms with E-state index >= 15 is 0 Å². The number of hydrogen-bond donors (Lipinski definition) is 2. The number of amides is 1. The highest BCUT2D eigenvalue weighted by molar-refractivity contribution is 6.53. The zero-order valence-corrected chi connectivity index (χ0v) is 12.3. The van der Waals surface area contributed by atoms with Crippen molar-refractivity contribution in [3.63, 3.8) is 0 Å². The fraction of sp³-hybridized carbons (Fsp3) is 0.615. The van der Waals surface area contributed by atoms with Crippen molar-refractivity contribution in [1.29, 1.82) is 0 Å². The largest absolute Gasteiger partial charge is 0.467 e. The van der Waals surface area contributed by atoms with Crippen LogP contribution in [0.25, 0.3) is 0 Å². The summed E-state index contributed by atoms with van der Waals surface area (Å²) in [5.41, 5.74) is -0.736. The Morgan fingerprint density at radius 3 is 2.74 bits per heavy atom. The van der Waals surface area contributed by atoms with E-state index in [-0.39, 0.29) is 11.9 Å². The third-order valence-electron chi connectivity index (χ3n) is 3.58. The predicted molar refractivity (Wildman–Crippen MR) is 73.1 cm³/mol. The minimum Gasteiger partial charge on any atom is -0.467 e. The van der Waals surface area contributed by atoms with E-state index in [1.807, 2.05) is 6.92 Å². The summed E-state index contributed by atoms with van der Waals surface area (Å²) in [4.78, 5) is 12.0. The minimum absolute atomic E-state index is 0.184. The summed E-state index contributed by atoms with van der Waals surface area (Å²) >= 11 is 11.9. The average molecular weight is 306 g/mol. The van der Waals surface area contributed by atoms with Gasteiger partial charge in [-0.3, -0.25) is 4.79 Å². The zero-order valence-electron chi connectivity index (χ0n) is 10.8. The SMILES string of the molecule is CC(CC(O)c1ccco1)NC(=O)C1(C)CC1(Cl)Cl. The van der Waals surface area contributed by atoms with Crippen molar-refractivity contribution in [2.45, 2.75) is 43.2 Å². The maximum Gasteiger partial charge on any atom is 0.229 e. The van der Waals surface area contributed by atoms with Gasteiger partial charge in [-0.1, -0.05) is 0 Å². The molecule has 4 nitrogen and oxygen atoms in total. The van der Waals surface area contributed by atoms with Gasteiger partial charge >= 0.3 is 0 Å². The van der Waals surface area contributed by atoms with Gasteiger partial charge in [0.15, 0.2) is 0 Å². The first-order valence-electron chi connectivity index (χ1n) is 6.16. The predicted octanol–water partition coefficient (Wildman–Crippen LogP) is 2.79. The molecule has 1 fully saturated rings. The molecule has 0 aliphatic heterocycles. The van der Waals surface area contributed by atoms with Crippen molar-refractivity contribution < 1.29 is 14.3 Å². The van der Waals surface area contributed by atoms with Crippen molar-refractivity contribution in [2.75, 3.05) is 0 Å². The van der Waals surface area contributed by atoms with Gasteiger partial charge in [0, 0.05) is 12.5 Å². The molecule has 2 rings (SSSR count). The Morgan fingerprint density at radius 2 is 2.26 bits per heavy atom. The smallest absolute Gasteiger partial charge is 0.229 e. The monoisotopic (exact) mass is 305 g/mol. The van der Waals surface area contributed by atoms with Gasteiger partial charge < -0.3 is 14.8 Å². The molecule has 0 saturated heterocycles. The van der Waals surface area contributed by atoms with Crippen LogP contribution in [-0.2, 0) is 4.79 Å². The molecule has 0 bridgehead atoms. The van der Waals surface area contributed by atoms with Crippen molar-refractivity contribution >= 4 is 29.1 Å². The number of hydrogen-bond acceptors (Lipinski definition) is 3. The van der Waals surface area contributed by atoms with Crippen molar-refractivity contribution in [3.05, 3.63) is 24.2 Å². The number of alkyl halides is 2. The van der Waals surface area contributed by atoms with E-state index in [9.17, 15) is 9.90 Å². The van der Waals surface area contributed by atoms with E-state index < -0.39 is 15.9 Å². The van der Waals surface area contributed by atoms with Crippen LogP contribution in [-0.4, -0.2) is 21.4 Å². The lowest BCUT2D eigenvalue weighted by atomic mass is 10.1. The van der Waals surface area contributed by atoms with E-state index in [1.165, 1.54) is 6.26 Å². The summed E-state index contributed by atoms with van der Waals surface area (Å²) in [7, 11) is 0. The number of carbonyl (C=O) groups excluding carboxylic acids is 1. The van der Waals surface area contributed by atoms with Crippen molar-refractivity contribution in [2.24, 2.45) is 5.41 Å². The van der Waals surface area contributed by atoms with Crippen LogP contribution in [0.2, 0.25) is 0 Å². The van der Waals surface area contributed by atoms with Gasteiger partial charge in [0.25, 0.3) is 0 Å². The Kier molecular flexibility index (Phi) is 3.87. The standard InChI is InChI=1S/C13H17Cl2NO3/c1-8(6-9(17)10-4-3-5-19-10)16-11(18)12(2)7-13(12,14)15/h3-5,8-9,17H,6-7H2,1-2H3,(H,16,18). The summed E-state index contributed by atoms with van der Waals surface area (Å²) in [6, 6.07) is 3.21. The first-order chi connectivity index (χ1) is 8.76. The highest BCUT2D eigenvalue weighted by atomic mass is 35.5. The molecule has 1 heterocycles. The van der Waals surface area contributed by atoms with Crippen LogP contribution in [0, 0.1) is 5.41 Å². The molecule has 1 aliphatic rings. The Hall–Kier alpha value is -0.710. The van der Waals surface area contributed by atoms with Gasteiger partial charge in [0.2, 0.25) is 5.91 Å². The summed E-state index contributed by atoms with van der Waals surface area (Å²) < 4.78 is 4.13. The summed E-state index contributed by atoms with van der Waals surface area (Å²) in [5, 5.41) is 12.7. The quantitative estimate of drug-likeness (QED) is 0.822. The number of rotatable bonds is 5. The molecule has 0 aromatic carbocycles. The van der Waals surface area contributed by atoms with Crippen LogP contribution in [0.15, 0.2) is 22.8 Å². The van der Waals surface area contributed by atoms with E-state index in [4.69, 9.17) is 27.6 Å². The van der Waals surface area contributed by atoms with Gasteiger partial charge in [-0.2, -0.15) is 0 Å². The van der Waals surface area contributed by atoms with Gasteiger partial charge in [0.05, 0.1) is 11.7 Å². The van der Waals surface area contributed by atoms with E-state index in [0.29, 0.717) is 18.6 Å². The van der Waals surface area contributed by atoms with Crippen LogP contribution in [0.4, 0.5) is 0 Å². The highest BCUT2D eigenvalue weighted by Crippen LogP contribution is 2.63. The highest BCUT2D eigenvalue weighted by Gasteiger charge is 2.67. The molecule has 1 aromatic heterocycles. The molecule has 3 atom stereocenters. The lowest BCUT2D eigenvalue weighted by Crippen LogP contribution is -2.39. The van der Waals surface area contributed by atoms with E-state index in [2.05, 4.69) is 5.32 Å². The summed E-state index contributed by atoms with van der Waals surface area (Å²) in [5.74, 6) is 0.305. The molecular weight excluding hydrogens is 289 g/mol. The van der Waals surface area contributed by atoms with Crippen LogP contribution < -0.4 is 5.32 Å². The van der Waals surface area contributed by atoms with Gasteiger partial charge in [-0.25, -0.2) is 0 Å². The van der Waals surface area contributed by atoms with Crippen molar-refractivity contribution in [1.82, 2.24) is 5.32 Å². The molecule has 1 amide bonds. The summed E-state index contributed by atoms with van der Waals surface area (Å²) in [6.45, 7) is 3.55. The Bertz CT molecular complexity index is 460. The van der Waals surface area contributed by atoms with Gasteiger partial charge in [-0.15, -0.1) is 23.2 Å². The Morgan fingerprint density at radius 1 is 1.63 bits per heavy atom. The second-order valence-electron chi connectivity index (χ2n) is 5.35. The second-order valence-corrected chi connectivity index (χ2v) is 6.84. The number of halogens is 2. The average Bonchev–Trinajstić information content (AvgIpc) is 2.72. The van der Waals surface area contributed by atoms with Gasteiger partial charge in [-0.05, 0) is 32.4 Å². The number of nitrogens with one attached hydrogen (secondary N) is 1. The molecule has 6 heteroatoms. The normalized spacial score (nSPS) is 27.6. The van der Waals surface area contributed by atoms with Crippen molar-refractivity contribution in [3.8, 4) is 0 Å². The summed E-state index contributed by atoms with van der Waals surface area (Å²) in [6.07, 6.45) is 1.58. The number of furan rings is 1. The maximum atomic E-state index is 12.0. The molecule has 19 heavy (non-hydrogen) atoms. The molecule has 3 unspecified atom stereocenters. The third-order valence-corrected chi connectivity index (χ3v) is 4.69. The van der Waals surface area contributed by atoms with E-state index in [1.54, 1.807) is 19.1 Å². The van der Waals surface area contributed by atoms with Crippen LogP contribution in [0.5, 0.6) is 0 Å². The number of aliphatic hydroxyl groups is 1. The first-order valence-corrected chi connectivity index (χ1v) is 6.92. The Labute approximate surface area is 122 Å². The molecule has 0 spiro atoms. The lowest BCUT2D eigenvalue weighted by molar-refractivity contribution is -0.126. The number of aliphatic hydroxyl groups excluding tert-OH is 1. The number of carbonyl (C=O) groups is 1. The fourth-order valence-corrected chi connectivity index (χ4v) is 2.73. The molecular formula is C13H17Cl2NO3. The lowest BCUT2D eigenvalue weighted by Gasteiger charge is -2.20. The fourth-order valence-electron chi connectivity index (χ4n) is 2.02. The molecule has 1 aromatic rings. The van der Waals surface area contributed by atoms with E-state index in [0.717, 1.165) is 0 Å². The third kappa shape index (κ3) is 2.91. The maximum absolute atomic E-state index is 12.0. The second kappa shape index (κ2) is 5.00. The molecule has 2 N–H and O–H groups in total. The van der Waals surface area contributed by atoms with Crippen LogP contribution >= 0.6 is 23.2 Å².